The van der Waals surface area contributed by atoms with Gasteiger partial charge in [0.25, 0.3) is 0 Å². The van der Waals surface area contributed by atoms with E-state index in [9.17, 15) is 4.39 Å². The highest BCUT2D eigenvalue weighted by Crippen LogP contribution is 2.23. The summed E-state index contributed by atoms with van der Waals surface area (Å²) in [6.07, 6.45) is 7.46. The Labute approximate surface area is 95.6 Å². The number of unbranched alkanes of at least 4 members (excludes halogenated alkanes) is 1. The molecular weight excluding hydrogens is 205 g/mol. The molecule has 1 aromatic rings. The van der Waals surface area contributed by atoms with Crippen molar-refractivity contribution < 1.29 is 9.13 Å². The van der Waals surface area contributed by atoms with Crippen LogP contribution in [0.15, 0.2) is 18.2 Å². The predicted molar refractivity (Wildman–Crippen MR) is 62.6 cm³/mol. The van der Waals surface area contributed by atoms with Gasteiger partial charge in [0.05, 0.1) is 7.11 Å². The molecule has 0 radical (unpaired) electrons. The van der Waals surface area contributed by atoms with Gasteiger partial charge in [0.2, 0.25) is 0 Å². The van der Waals surface area contributed by atoms with Crippen molar-refractivity contribution in [1.82, 2.24) is 0 Å². The molecule has 0 aliphatic carbocycles. The molecule has 16 heavy (non-hydrogen) atoms. The molecule has 0 aliphatic rings. The van der Waals surface area contributed by atoms with Crippen molar-refractivity contribution in [1.29, 1.82) is 0 Å². The van der Waals surface area contributed by atoms with E-state index in [1.54, 1.807) is 12.1 Å². The molecule has 0 aliphatic heterocycles. The van der Waals surface area contributed by atoms with Crippen molar-refractivity contribution in [3.8, 4) is 18.1 Å². The van der Waals surface area contributed by atoms with Crippen LogP contribution >= 0.6 is 0 Å². The van der Waals surface area contributed by atoms with Gasteiger partial charge in [-0.25, -0.2) is 4.39 Å². The summed E-state index contributed by atoms with van der Waals surface area (Å²) >= 11 is 0. The fourth-order valence-electron chi connectivity index (χ4n) is 1.50. The number of ether oxygens (including phenoxy) is 1. The smallest absolute Gasteiger partial charge is 0.165 e. The summed E-state index contributed by atoms with van der Waals surface area (Å²) in [6.45, 7) is 0. The van der Waals surface area contributed by atoms with Crippen molar-refractivity contribution in [3.63, 3.8) is 0 Å². The van der Waals surface area contributed by atoms with Gasteiger partial charge in [-0.1, -0.05) is 6.07 Å². The van der Waals surface area contributed by atoms with E-state index in [1.165, 1.54) is 13.2 Å². The SMILES string of the molecule is C#CCCCC(N)c1ccc(OC)c(F)c1. The Morgan fingerprint density at radius 1 is 1.56 bits per heavy atom. The highest BCUT2D eigenvalue weighted by molar-refractivity contribution is 5.30. The molecule has 0 amide bonds. The van der Waals surface area contributed by atoms with E-state index in [4.69, 9.17) is 16.9 Å². The normalized spacial score (nSPS) is 11.9. The Bertz CT molecular complexity index is 384. The zero-order chi connectivity index (χ0) is 12.0. The van der Waals surface area contributed by atoms with Crippen molar-refractivity contribution in [3.05, 3.63) is 29.6 Å². The van der Waals surface area contributed by atoms with Gasteiger partial charge in [-0.05, 0) is 30.5 Å². The van der Waals surface area contributed by atoms with Crippen molar-refractivity contribution in [2.24, 2.45) is 5.73 Å². The zero-order valence-electron chi connectivity index (χ0n) is 9.37. The van der Waals surface area contributed by atoms with E-state index in [2.05, 4.69) is 5.92 Å². The first-order chi connectivity index (χ1) is 7.69. The molecule has 1 rings (SSSR count). The molecule has 86 valence electrons. The minimum absolute atomic E-state index is 0.172. The number of nitrogens with two attached hydrogens (primary N) is 1. The standard InChI is InChI=1S/C13H16FNO/c1-3-4-5-6-12(15)10-7-8-13(16-2)11(14)9-10/h1,7-9,12H,4-6,15H2,2H3. The summed E-state index contributed by atoms with van der Waals surface area (Å²) in [5.41, 5.74) is 6.69. The molecular formula is C13H16FNO. The van der Waals surface area contributed by atoms with Gasteiger partial charge in [-0.15, -0.1) is 12.3 Å². The highest BCUT2D eigenvalue weighted by atomic mass is 19.1. The Kier molecular flexibility index (Phi) is 4.81. The maximum Gasteiger partial charge on any atom is 0.165 e. The summed E-state index contributed by atoms with van der Waals surface area (Å²) in [5.74, 6) is 2.41. The van der Waals surface area contributed by atoms with Crippen molar-refractivity contribution in [2.75, 3.05) is 7.11 Å². The fourth-order valence-corrected chi connectivity index (χ4v) is 1.50. The molecule has 0 fully saturated rings. The van der Waals surface area contributed by atoms with Crippen LogP contribution in [0, 0.1) is 18.2 Å². The highest BCUT2D eigenvalue weighted by Gasteiger charge is 2.09. The summed E-state index contributed by atoms with van der Waals surface area (Å²) in [7, 11) is 1.44. The zero-order valence-corrected chi connectivity index (χ0v) is 9.37. The largest absolute Gasteiger partial charge is 0.494 e. The number of methoxy groups -OCH3 is 1. The van der Waals surface area contributed by atoms with Crippen LogP contribution < -0.4 is 10.5 Å². The van der Waals surface area contributed by atoms with E-state index in [1.807, 2.05) is 0 Å². The number of terminal acetylenes is 1. The first-order valence-corrected chi connectivity index (χ1v) is 5.21. The number of halogens is 1. The van der Waals surface area contributed by atoms with E-state index < -0.39 is 0 Å². The van der Waals surface area contributed by atoms with Crippen LogP contribution in [0.3, 0.4) is 0 Å². The lowest BCUT2D eigenvalue weighted by Crippen LogP contribution is -2.10. The molecule has 3 heteroatoms. The van der Waals surface area contributed by atoms with E-state index in [-0.39, 0.29) is 17.6 Å². The van der Waals surface area contributed by atoms with Crippen LogP contribution in [-0.2, 0) is 0 Å². The van der Waals surface area contributed by atoms with Crippen molar-refractivity contribution >= 4 is 0 Å². The maximum atomic E-state index is 13.4. The number of benzene rings is 1. The lowest BCUT2D eigenvalue weighted by molar-refractivity contribution is 0.385. The Balaban J connectivity index is 2.66. The summed E-state index contributed by atoms with van der Waals surface area (Å²) < 4.78 is 18.2. The Hall–Kier alpha value is -1.53. The van der Waals surface area contributed by atoms with Crippen LogP contribution in [0.25, 0.3) is 0 Å². The van der Waals surface area contributed by atoms with Gasteiger partial charge in [-0.3, -0.25) is 0 Å². The molecule has 0 saturated heterocycles. The molecule has 2 N–H and O–H groups in total. The molecule has 0 bridgehead atoms. The van der Waals surface area contributed by atoms with Crippen LogP contribution in [0.4, 0.5) is 4.39 Å². The molecule has 2 nitrogen and oxygen atoms in total. The second kappa shape index (κ2) is 6.14. The maximum absolute atomic E-state index is 13.4. The predicted octanol–water partition coefficient (Wildman–Crippen LogP) is 2.64. The van der Waals surface area contributed by atoms with Crippen molar-refractivity contribution in [2.45, 2.75) is 25.3 Å². The van der Waals surface area contributed by atoms with E-state index in [0.717, 1.165) is 18.4 Å². The first kappa shape index (κ1) is 12.5. The van der Waals surface area contributed by atoms with Gasteiger partial charge in [0, 0.05) is 12.5 Å². The fraction of sp³-hybridized carbons (Fsp3) is 0.385. The minimum Gasteiger partial charge on any atom is -0.494 e. The molecule has 1 aromatic carbocycles. The molecule has 0 spiro atoms. The van der Waals surface area contributed by atoms with E-state index >= 15 is 0 Å². The lowest BCUT2D eigenvalue weighted by Gasteiger charge is -2.12. The van der Waals surface area contributed by atoms with Gasteiger partial charge < -0.3 is 10.5 Å². The Morgan fingerprint density at radius 3 is 2.88 bits per heavy atom. The average Bonchev–Trinajstić information content (AvgIpc) is 2.29. The number of hydrogen-bond donors (Lipinski definition) is 1. The van der Waals surface area contributed by atoms with Gasteiger partial charge in [-0.2, -0.15) is 0 Å². The average molecular weight is 221 g/mol. The molecule has 0 heterocycles. The molecule has 0 aromatic heterocycles. The Morgan fingerprint density at radius 2 is 2.31 bits per heavy atom. The number of rotatable bonds is 5. The second-order valence-electron chi connectivity index (χ2n) is 3.60. The summed E-state index contributed by atoms with van der Waals surface area (Å²) in [5, 5.41) is 0. The topological polar surface area (TPSA) is 35.2 Å². The third-order valence-electron chi connectivity index (χ3n) is 2.44. The van der Waals surface area contributed by atoms with Crippen LogP contribution in [0.5, 0.6) is 5.75 Å². The monoisotopic (exact) mass is 221 g/mol. The van der Waals surface area contributed by atoms with Crippen LogP contribution in [0.2, 0.25) is 0 Å². The number of hydrogen-bond acceptors (Lipinski definition) is 2. The van der Waals surface area contributed by atoms with E-state index in [0.29, 0.717) is 6.42 Å². The lowest BCUT2D eigenvalue weighted by atomic mass is 10.0. The third kappa shape index (κ3) is 3.25. The third-order valence-corrected chi connectivity index (χ3v) is 2.44. The minimum atomic E-state index is -0.382. The second-order valence-corrected chi connectivity index (χ2v) is 3.60. The quantitative estimate of drug-likeness (QED) is 0.612. The van der Waals surface area contributed by atoms with Crippen LogP contribution in [-0.4, -0.2) is 7.11 Å². The summed E-state index contributed by atoms with van der Waals surface area (Å²) in [6, 6.07) is 4.61. The van der Waals surface area contributed by atoms with Crippen LogP contribution in [0.1, 0.15) is 30.9 Å². The molecule has 1 atom stereocenters. The van der Waals surface area contributed by atoms with Gasteiger partial charge >= 0.3 is 0 Å². The molecule has 1 unspecified atom stereocenters. The first-order valence-electron chi connectivity index (χ1n) is 5.21. The van der Waals surface area contributed by atoms with Gasteiger partial charge in [0.15, 0.2) is 11.6 Å². The summed E-state index contributed by atoms with van der Waals surface area (Å²) in [4.78, 5) is 0. The van der Waals surface area contributed by atoms with Gasteiger partial charge in [0.1, 0.15) is 0 Å². The molecule has 0 saturated carbocycles.